The van der Waals surface area contributed by atoms with E-state index in [0.29, 0.717) is 5.91 Å². The Hall–Kier alpha value is -1.06. The highest BCUT2D eigenvalue weighted by molar-refractivity contribution is 6.31. The van der Waals surface area contributed by atoms with Gasteiger partial charge in [-0.05, 0) is 58.3 Å². The van der Waals surface area contributed by atoms with Crippen LogP contribution in [-0.2, 0) is 4.79 Å². The summed E-state index contributed by atoms with van der Waals surface area (Å²) < 4.78 is 0. The average Bonchev–Trinajstić information content (AvgIpc) is 2.74. The SMILES string of the molecule is CC(C)(C)N1C[C@@H](c2ccccc2Cl)C2(CCNCC2)C1=O. The fraction of sp³-hybridized carbons (Fsp3) is 0.611. The third-order valence-corrected chi connectivity index (χ3v) is 5.63. The topological polar surface area (TPSA) is 32.3 Å². The van der Waals surface area contributed by atoms with Crippen LogP contribution in [0.2, 0.25) is 5.02 Å². The molecule has 2 saturated heterocycles. The molecule has 0 radical (unpaired) electrons. The number of hydrogen-bond donors (Lipinski definition) is 1. The number of piperidine rings is 1. The predicted octanol–water partition coefficient (Wildman–Crippen LogP) is 3.43. The van der Waals surface area contributed by atoms with Crippen LogP contribution >= 0.6 is 11.6 Å². The summed E-state index contributed by atoms with van der Waals surface area (Å²) in [6.45, 7) is 8.94. The van der Waals surface area contributed by atoms with Crippen molar-refractivity contribution in [3.63, 3.8) is 0 Å². The van der Waals surface area contributed by atoms with Crippen molar-refractivity contribution in [2.45, 2.75) is 45.1 Å². The van der Waals surface area contributed by atoms with Crippen LogP contribution in [0.4, 0.5) is 0 Å². The summed E-state index contributed by atoms with van der Waals surface area (Å²) in [5.74, 6) is 0.501. The molecule has 1 spiro atoms. The summed E-state index contributed by atoms with van der Waals surface area (Å²) >= 11 is 6.47. The van der Waals surface area contributed by atoms with Crippen molar-refractivity contribution in [1.29, 1.82) is 0 Å². The molecule has 1 atom stereocenters. The molecule has 120 valence electrons. The van der Waals surface area contributed by atoms with E-state index in [1.165, 1.54) is 0 Å². The number of nitrogens with one attached hydrogen (secondary N) is 1. The Morgan fingerprint density at radius 1 is 1.23 bits per heavy atom. The minimum atomic E-state index is -0.288. The Morgan fingerprint density at radius 3 is 2.45 bits per heavy atom. The number of rotatable bonds is 1. The van der Waals surface area contributed by atoms with Gasteiger partial charge >= 0.3 is 0 Å². The Labute approximate surface area is 138 Å². The minimum absolute atomic E-state index is 0.148. The van der Waals surface area contributed by atoms with Gasteiger partial charge < -0.3 is 10.2 Å². The van der Waals surface area contributed by atoms with E-state index in [1.54, 1.807) is 0 Å². The number of carbonyl (C=O) groups is 1. The molecule has 0 unspecified atom stereocenters. The molecule has 0 bridgehead atoms. The lowest BCUT2D eigenvalue weighted by Crippen LogP contribution is -2.48. The first-order valence-electron chi connectivity index (χ1n) is 8.13. The molecule has 3 nitrogen and oxygen atoms in total. The summed E-state index contributed by atoms with van der Waals surface area (Å²) in [6.07, 6.45) is 1.79. The van der Waals surface area contributed by atoms with Gasteiger partial charge in [0.05, 0.1) is 5.41 Å². The molecule has 2 fully saturated rings. The number of amides is 1. The summed E-state index contributed by atoms with van der Waals surface area (Å²) in [7, 11) is 0. The van der Waals surface area contributed by atoms with Gasteiger partial charge in [0.15, 0.2) is 0 Å². The van der Waals surface area contributed by atoms with Gasteiger partial charge in [-0.25, -0.2) is 0 Å². The zero-order valence-electron chi connectivity index (χ0n) is 13.7. The van der Waals surface area contributed by atoms with Gasteiger partial charge in [-0.1, -0.05) is 29.8 Å². The second-order valence-electron chi connectivity index (χ2n) is 7.57. The smallest absolute Gasteiger partial charge is 0.230 e. The molecule has 1 aromatic carbocycles. The molecular weight excluding hydrogens is 296 g/mol. The summed E-state index contributed by atoms with van der Waals surface area (Å²) in [4.78, 5) is 15.3. The van der Waals surface area contributed by atoms with Crippen LogP contribution in [-0.4, -0.2) is 36.0 Å². The molecule has 1 N–H and O–H groups in total. The highest BCUT2D eigenvalue weighted by Gasteiger charge is 2.56. The minimum Gasteiger partial charge on any atom is -0.337 e. The maximum atomic E-state index is 13.3. The third-order valence-electron chi connectivity index (χ3n) is 5.29. The fourth-order valence-corrected chi connectivity index (χ4v) is 4.29. The first kappa shape index (κ1) is 15.8. The second kappa shape index (κ2) is 5.54. The van der Waals surface area contributed by atoms with E-state index < -0.39 is 0 Å². The van der Waals surface area contributed by atoms with Gasteiger partial charge in [-0.3, -0.25) is 4.79 Å². The number of nitrogens with zero attached hydrogens (tertiary/aromatic N) is 1. The van der Waals surface area contributed by atoms with E-state index in [-0.39, 0.29) is 16.9 Å². The summed E-state index contributed by atoms with van der Waals surface area (Å²) in [6, 6.07) is 8.02. The van der Waals surface area contributed by atoms with Crippen LogP contribution in [0.25, 0.3) is 0 Å². The molecule has 3 rings (SSSR count). The lowest BCUT2D eigenvalue weighted by molar-refractivity contribution is -0.141. The molecule has 2 aliphatic heterocycles. The largest absolute Gasteiger partial charge is 0.337 e. The number of hydrogen-bond acceptors (Lipinski definition) is 2. The second-order valence-corrected chi connectivity index (χ2v) is 7.97. The first-order chi connectivity index (χ1) is 10.4. The summed E-state index contributed by atoms with van der Waals surface area (Å²) in [5.41, 5.74) is 0.695. The van der Waals surface area contributed by atoms with E-state index in [2.05, 4.69) is 37.1 Å². The van der Waals surface area contributed by atoms with Crippen molar-refractivity contribution in [3.05, 3.63) is 34.9 Å². The zero-order valence-corrected chi connectivity index (χ0v) is 14.4. The Kier molecular flexibility index (Phi) is 3.98. The van der Waals surface area contributed by atoms with Crippen LogP contribution in [0.3, 0.4) is 0 Å². The van der Waals surface area contributed by atoms with Crippen LogP contribution < -0.4 is 5.32 Å². The van der Waals surface area contributed by atoms with Crippen LogP contribution in [0.1, 0.15) is 45.1 Å². The molecule has 22 heavy (non-hydrogen) atoms. The van der Waals surface area contributed by atoms with E-state index in [9.17, 15) is 4.79 Å². The monoisotopic (exact) mass is 320 g/mol. The van der Waals surface area contributed by atoms with Gasteiger partial charge in [0.25, 0.3) is 0 Å². The van der Waals surface area contributed by atoms with Gasteiger partial charge in [0.2, 0.25) is 5.91 Å². The van der Waals surface area contributed by atoms with Gasteiger partial charge in [-0.2, -0.15) is 0 Å². The molecule has 0 saturated carbocycles. The zero-order chi connectivity index (χ0) is 16.0. The van der Waals surface area contributed by atoms with Crippen molar-refractivity contribution in [2.75, 3.05) is 19.6 Å². The van der Waals surface area contributed by atoms with Gasteiger partial charge in [0.1, 0.15) is 0 Å². The Morgan fingerprint density at radius 2 is 1.86 bits per heavy atom. The normalized spacial score (nSPS) is 25.0. The molecule has 0 aromatic heterocycles. The quantitative estimate of drug-likeness (QED) is 0.859. The van der Waals surface area contributed by atoms with Crippen molar-refractivity contribution in [3.8, 4) is 0 Å². The predicted molar refractivity (Wildman–Crippen MR) is 90.2 cm³/mol. The molecule has 1 amide bonds. The molecular formula is C18H25ClN2O. The van der Waals surface area contributed by atoms with Crippen molar-refractivity contribution < 1.29 is 4.79 Å². The first-order valence-corrected chi connectivity index (χ1v) is 8.51. The number of carbonyl (C=O) groups excluding carboxylic acids is 1. The molecule has 4 heteroatoms. The van der Waals surface area contributed by atoms with Crippen LogP contribution in [0, 0.1) is 5.41 Å². The maximum Gasteiger partial charge on any atom is 0.230 e. The van der Waals surface area contributed by atoms with E-state index in [0.717, 1.165) is 43.1 Å². The molecule has 0 aliphatic carbocycles. The third kappa shape index (κ3) is 2.44. The fourth-order valence-electron chi connectivity index (χ4n) is 4.03. The van der Waals surface area contributed by atoms with E-state index >= 15 is 0 Å². The van der Waals surface area contributed by atoms with Gasteiger partial charge in [0, 0.05) is 23.0 Å². The molecule has 2 heterocycles. The average molecular weight is 321 g/mol. The molecule has 1 aromatic rings. The van der Waals surface area contributed by atoms with E-state index in [1.807, 2.05) is 18.2 Å². The summed E-state index contributed by atoms with van der Waals surface area (Å²) in [5, 5.41) is 4.18. The van der Waals surface area contributed by atoms with Crippen molar-refractivity contribution >= 4 is 17.5 Å². The van der Waals surface area contributed by atoms with Gasteiger partial charge in [-0.15, -0.1) is 0 Å². The number of benzene rings is 1. The van der Waals surface area contributed by atoms with Crippen LogP contribution in [0.5, 0.6) is 0 Å². The number of halogens is 1. The lowest BCUT2D eigenvalue weighted by atomic mass is 9.68. The van der Waals surface area contributed by atoms with Crippen molar-refractivity contribution in [2.24, 2.45) is 5.41 Å². The number of likely N-dealkylation sites (tertiary alicyclic amines) is 1. The highest BCUT2D eigenvalue weighted by atomic mass is 35.5. The Bertz CT molecular complexity index is 573. The maximum absolute atomic E-state index is 13.3. The standard InChI is InChI=1S/C18H25ClN2O/c1-17(2,3)21-12-14(13-6-4-5-7-15(13)19)18(16(21)22)8-10-20-11-9-18/h4-7,14,20H,8-12H2,1-3H3/t14-/m0/s1. The van der Waals surface area contributed by atoms with E-state index in [4.69, 9.17) is 11.6 Å². The Balaban J connectivity index is 2.06. The van der Waals surface area contributed by atoms with Crippen LogP contribution in [0.15, 0.2) is 24.3 Å². The molecule has 2 aliphatic rings. The lowest BCUT2D eigenvalue weighted by Gasteiger charge is -2.38. The van der Waals surface area contributed by atoms with Crippen molar-refractivity contribution in [1.82, 2.24) is 10.2 Å². The highest BCUT2D eigenvalue weighted by Crippen LogP contribution is 2.52.